The molecule has 1 N–H and O–H groups in total. The van der Waals surface area contributed by atoms with Gasteiger partial charge in [-0.2, -0.15) is 0 Å². The fourth-order valence-corrected chi connectivity index (χ4v) is 1.45. The van der Waals surface area contributed by atoms with E-state index in [4.69, 9.17) is 4.74 Å². The quantitative estimate of drug-likeness (QED) is 0.614. The Bertz CT molecular complexity index is 243. The Hall–Kier alpha value is -1.14. The summed E-state index contributed by atoms with van der Waals surface area (Å²) >= 11 is 0. The Morgan fingerprint density at radius 2 is 2.13 bits per heavy atom. The largest absolute Gasteiger partial charge is 0.468 e. The second-order valence-electron chi connectivity index (χ2n) is 3.26. The fourth-order valence-electron chi connectivity index (χ4n) is 1.45. The van der Waals surface area contributed by atoms with Crippen LogP contribution in [0.25, 0.3) is 0 Å². The molecular weight excluding hydrogens is 202 g/mol. The van der Waals surface area contributed by atoms with Crippen LogP contribution < -0.4 is 5.32 Å². The van der Waals surface area contributed by atoms with Crippen molar-refractivity contribution in [3.63, 3.8) is 0 Å². The zero-order valence-corrected chi connectivity index (χ0v) is 8.82. The van der Waals surface area contributed by atoms with Crippen molar-refractivity contribution in [2.24, 2.45) is 0 Å². The van der Waals surface area contributed by atoms with Crippen molar-refractivity contribution >= 4 is 11.9 Å². The Morgan fingerprint density at radius 1 is 1.40 bits per heavy atom. The number of rotatable bonds is 4. The van der Waals surface area contributed by atoms with Crippen LogP contribution in [-0.2, 0) is 23.8 Å². The molecule has 0 aliphatic carbocycles. The van der Waals surface area contributed by atoms with Gasteiger partial charge in [0.05, 0.1) is 7.11 Å². The van der Waals surface area contributed by atoms with Gasteiger partial charge in [0, 0.05) is 20.1 Å². The Labute approximate surface area is 87.9 Å². The van der Waals surface area contributed by atoms with E-state index in [1.54, 1.807) is 0 Å². The molecule has 1 heterocycles. The van der Waals surface area contributed by atoms with Crippen LogP contribution in [-0.4, -0.2) is 51.5 Å². The minimum absolute atomic E-state index is 0.0700. The van der Waals surface area contributed by atoms with E-state index >= 15 is 0 Å². The molecule has 0 bridgehead atoms. The lowest BCUT2D eigenvalue weighted by Gasteiger charge is -2.10. The Morgan fingerprint density at radius 3 is 2.73 bits per heavy atom. The molecule has 86 valence electrons. The average molecular weight is 217 g/mol. The normalized spacial score (nSPS) is 24.9. The van der Waals surface area contributed by atoms with Gasteiger partial charge < -0.3 is 19.5 Å². The van der Waals surface area contributed by atoms with E-state index in [0.29, 0.717) is 13.0 Å². The number of hydrogen-bond acceptors (Lipinski definition) is 6. The molecule has 1 saturated heterocycles. The third-order valence-electron chi connectivity index (χ3n) is 2.14. The predicted molar refractivity (Wildman–Crippen MR) is 50.2 cm³/mol. The number of methoxy groups -OCH3 is 2. The SMILES string of the molecule is COCC(=O)OC1CNC(C(=O)OC)C1. The maximum atomic E-state index is 11.1. The lowest BCUT2D eigenvalue weighted by Crippen LogP contribution is -2.31. The van der Waals surface area contributed by atoms with Gasteiger partial charge in [0.25, 0.3) is 0 Å². The van der Waals surface area contributed by atoms with Crippen molar-refractivity contribution in [2.75, 3.05) is 27.4 Å². The van der Waals surface area contributed by atoms with Crippen molar-refractivity contribution < 1.29 is 23.8 Å². The topological polar surface area (TPSA) is 73.9 Å². The molecule has 1 aliphatic heterocycles. The van der Waals surface area contributed by atoms with E-state index in [1.807, 2.05) is 0 Å². The number of carbonyl (C=O) groups excluding carboxylic acids is 2. The summed E-state index contributed by atoms with van der Waals surface area (Å²) in [7, 11) is 2.75. The van der Waals surface area contributed by atoms with Crippen molar-refractivity contribution in [1.82, 2.24) is 5.32 Å². The highest BCUT2D eigenvalue weighted by Gasteiger charge is 2.32. The standard InChI is InChI=1S/C9H15NO5/c1-13-5-8(11)15-6-3-7(10-4-6)9(12)14-2/h6-7,10H,3-5H2,1-2H3. The van der Waals surface area contributed by atoms with E-state index in [2.05, 4.69) is 14.8 Å². The van der Waals surface area contributed by atoms with Crippen LogP contribution in [0.15, 0.2) is 0 Å². The number of ether oxygens (including phenoxy) is 3. The number of esters is 2. The summed E-state index contributed by atoms with van der Waals surface area (Å²) in [5.74, 6) is -0.755. The second-order valence-corrected chi connectivity index (χ2v) is 3.26. The lowest BCUT2D eigenvalue weighted by molar-refractivity contribution is -0.153. The maximum Gasteiger partial charge on any atom is 0.332 e. The van der Waals surface area contributed by atoms with Gasteiger partial charge in [0.15, 0.2) is 0 Å². The summed E-state index contributed by atoms with van der Waals surface area (Å²) in [6, 6.07) is -0.379. The van der Waals surface area contributed by atoms with E-state index in [0.717, 1.165) is 0 Å². The predicted octanol–water partition coefficient (Wildman–Crippen LogP) is -0.920. The number of carbonyl (C=O) groups is 2. The summed E-state index contributed by atoms with van der Waals surface area (Å²) in [5, 5.41) is 2.91. The average Bonchev–Trinajstić information content (AvgIpc) is 2.65. The van der Waals surface area contributed by atoms with Crippen molar-refractivity contribution in [3.05, 3.63) is 0 Å². The molecule has 1 fully saturated rings. The van der Waals surface area contributed by atoms with E-state index in [9.17, 15) is 9.59 Å². The molecule has 6 nitrogen and oxygen atoms in total. The minimum Gasteiger partial charge on any atom is -0.468 e. The molecule has 0 saturated carbocycles. The monoisotopic (exact) mass is 217 g/mol. The molecule has 1 aliphatic rings. The van der Waals surface area contributed by atoms with Crippen LogP contribution in [0.1, 0.15) is 6.42 Å². The second kappa shape index (κ2) is 5.67. The molecule has 0 aromatic rings. The van der Waals surface area contributed by atoms with Crippen LogP contribution in [0.4, 0.5) is 0 Å². The Balaban J connectivity index is 2.30. The minimum atomic E-state index is -0.421. The summed E-state index contributed by atoms with van der Waals surface area (Å²) in [4.78, 5) is 22.2. The first kappa shape index (κ1) is 11.9. The molecule has 2 unspecified atom stereocenters. The zero-order valence-electron chi connectivity index (χ0n) is 8.82. The smallest absolute Gasteiger partial charge is 0.332 e. The maximum absolute atomic E-state index is 11.1. The zero-order chi connectivity index (χ0) is 11.3. The summed E-state index contributed by atoms with van der Waals surface area (Å²) in [5.41, 5.74) is 0. The lowest BCUT2D eigenvalue weighted by atomic mass is 10.2. The highest BCUT2D eigenvalue weighted by atomic mass is 16.6. The highest BCUT2D eigenvalue weighted by Crippen LogP contribution is 2.11. The summed E-state index contributed by atoms with van der Waals surface area (Å²) in [6.07, 6.45) is 0.166. The first-order valence-electron chi connectivity index (χ1n) is 4.67. The van der Waals surface area contributed by atoms with Gasteiger partial charge in [-0.05, 0) is 0 Å². The van der Waals surface area contributed by atoms with Gasteiger partial charge in [-0.3, -0.25) is 4.79 Å². The molecular formula is C9H15NO5. The highest BCUT2D eigenvalue weighted by molar-refractivity contribution is 5.76. The molecule has 0 spiro atoms. The van der Waals surface area contributed by atoms with Crippen molar-refractivity contribution in [1.29, 1.82) is 0 Å². The molecule has 2 atom stereocenters. The molecule has 15 heavy (non-hydrogen) atoms. The van der Waals surface area contributed by atoms with Crippen LogP contribution in [0.5, 0.6) is 0 Å². The van der Waals surface area contributed by atoms with Crippen LogP contribution in [0.3, 0.4) is 0 Å². The van der Waals surface area contributed by atoms with Crippen molar-refractivity contribution in [3.8, 4) is 0 Å². The van der Waals surface area contributed by atoms with Crippen molar-refractivity contribution in [2.45, 2.75) is 18.6 Å². The van der Waals surface area contributed by atoms with Crippen LogP contribution in [0, 0.1) is 0 Å². The molecule has 0 radical (unpaired) electrons. The van der Waals surface area contributed by atoms with E-state index < -0.39 is 5.97 Å². The number of hydrogen-bond donors (Lipinski definition) is 1. The first-order valence-corrected chi connectivity index (χ1v) is 4.67. The molecule has 0 amide bonds. The molecule has 1 rings (SSSR count). The van der Waals surface area contributed by atoms with Gasteiger partial charge in [0.1, 0.15) is 18.8 Å². The van der Waals surface area contributed by atoms with Gasteiger partial charge >= 0.3 is 11.9 Å². The fraction of sp³-hybridized carbons (Fsp3) is 0.778. The van der Waals surface area contributed by atoms with Gasteiger partial charge in [-0.1, -0.05) is 0 Å². The summed E-state index contributed by atoms with van der Waals surface area (Å²) in [6.45, 7) is 0.397. The van der Waals surface area contributed by atoms with E-state index in [-0.39, 0.29) is 24.7 Å². The summed E-state index contributed by atoms with van der Waals surface area (Å²) < 4.78 is 14.2. The molecule has 0 aromatic heterocycles. The third-order valence-corrected chi connectivity index (χ3v) is 2.14. The molecule has 0 aromatic carbocycles. The van der Waals surface area contributed by atoms with Gasteiger partial charge in [0.2, 0.25) is 0 Å². The Kier molecular flexibility index (Phi) is 4.51. The third kappa shape index (κ3) is 3.49. The van der Waals surface area contributed by atoms with Crippen LogP contribution >= 0.6 is 0 Å². The number of nitrogens with one attached hydrogen (secondary N) is 1. The van der Waals surface area contributed by atoms with Gasteiger partial charge in [-0.25, -0.2) is 4.79 Å². The van der Waals surface area contributed by atoms with Gasteiger partial charge in [-0.15, -0.1) is 0 Å². The molecule has 6 heteroatoms. The first-order chi connectivity index (χ1) is 7.17. The van der Waals surface area contributed by atoms with E-state index in [1.165, 1.54) is 14.2 Å². The van der Waals surface area contributed by atoms with Crippen LogP contribution in [0.2, 0.25) is 0 Å².